The Labute approximate surface area is 413 Å². The highest BCUT2D eigenvalue weighted by molar-refractivity contribution is 7.98. The quantitative estimate of drug-likeness (QED) is 0.0281. The lowest BCUT2D eigenvalue weighted by molar-refractivity contribution is -0.142. The van der Waals surface area contributed by atoms with Gasteiger partial charge in [0.25, 0.3) is 0 Å². The third-order valence-electron chi connectivity index (χ3n) is 9.79. The Bertz CT molecular complexity index is 2060. The molecule has 71 heavy (non-hydrogen) atoms. The summed E-state index contributed by atoms with van der Waals surface area (Å²) in [5.74, 6) is -16.5. The van der Waals surface area contributed by atoms with Crippen LogP contribution in [0, 0.1) is 0 Å². The van der Waals surface area contributed by atoms with E-state index in [1.54, 1.807) is 6.26 Å². The number of thiol groups is 1. The zero-order chi connectivity index (χ0) is 54.0. The van der Waals surface area contributed by atoms with Gasteiger partial charge in [0.15, 0.2) is 0 Å². The minimum Gasteiger partial charge on any atom is -0.481 e. The highest BCUT2D eigenvalue weighted by atomic mass is 32.2. The van der Waals surface area contributed by atoms with Crippen LogP contribution in [-0.4, -0.2) is 196 Å². The average molecular weight is 1050 g/mol. The monoisotopic (exact) mass is 1050 g/mol. The first-order valence-electron chi connectivity index (χ1n) is 21.3. The zero-order valence-electron chi connectivity index (χ0n) is 38.2. The summed E-state index contributed by atoms with van der Waals surface area (Å²) in [5, 5.41) is 74.1. The summed E-state index contributed by atoms with van der Waals surface area (Å²) in [7, 11) is 0. The smallest absolute Gasteiger partial charge is 0.326 e. The fourth-order valence-corrected chi connectivity index (χ4v) is 6.64. The first kappa shape index (κ1) is 62.0. The van der Waals surface area contributed by atoms with Gasteiger partial charge in [-0.1, -0.05) is 0 Å². The van der Waals surface area contributed by atoms with Crippen LogP contribution in [0.15, 0.2) is 12.5 Å². The van der Waals surface area contributed by atoms with E-state index in [4.69, 9.17) is 10.8 Å². The van der Waals surface area contributed by atoms with Gasteiger partial charge in [-0.2, -0.15) is 24.4 Å². The largest absolute Gasteiger partial charge is 0.481 e. The number of H-pyrrole nitrogens is 1. The molecule has 17 N–H and O–H groups in total. The van der Waals surface area contributed by atoms with Gasteiger partial charge in [0.1, 0.15) is 48.3 Å². The lowest BCUT2D eigenvalue weighted by Gasteiger charge is -2.27. The number of hydrogen-bond acceptors (Lipinski definition) is 18. The molecule has 0 aromatic carbocycles. The van der Waals surface area contributed by atoms with Crippen molar-refractivity contribution in [1.29, 1.82) is 0 Å². The number of imidazole rings is 1. The number of aromatic nitrogens is 2. The lowest BCUT2D eigenvalue weighted by Crippen LogP contribution is -2.60. The van der Waals surface area contributed by atoms with Crippen molar-refractivity contribution in [2.24, 2.45) is 5.73 Å². The van der Waals surface area contributed by atoms with Crippen molar-refractivity contribution >= 4 is 101 Å². The summed E-state index contributed by atoms with van der Waals surface area (Å²) >= 11 is 5.25. The SMILES string of the molecule is CSCC[C@H](NC(=O)[C@H](CCC(=O)O)NC(=O)[C@@H](N)CC(=O)O)C(=O)N[C@@H](CCC(=O)O)C(=O)N[C@@H](CCC(=O)O)C(=O)N[C@@H](CS)C(=O)N[C@@H](C)C(=O)N[C@@H](CO)C(=O)N[C@@H](Cc1cnc[nH]1)C(=O)O. The summed E-state index contributed by atoms with van der Waals surface area (Å²) < 4.78 is 0. The van der Waals surface area contributed by atoms with E-state index in [0.717, 1.165) is 6.92 Å². The van der Waals surface area contributed by atoms with Gasteiger partial charge in [0.2, 0.25) is 47.3 Å². The fraction of sp³-hybridized carbons (Fsp3) is 0.590. The molecule has 1 rings (SSSR count). The summed E-state index contributed by atoms with van der Waals surface area (Å²) in [6.07, 6.45) is -1.08. The van der Waals surface area contributed by atoms with E-state index in [2.05, 4.69) is 65.1 Å². The Morgan fingerprint density at radius 3 is 1.35 bits per heavy atom. The number of hydrogen-bond donors (Lipinski definition) is 17. The van der Waals surface area contributed by atoms with Crippen molar-refractivity contribution < 1.29 is 93.0 Å². The van der Waals surface area contributed by atoms with Crippen LogP contribution in [0.25, 0.3) is 0 Å². The number of thioether (sulfide) groups is 1. The molecule has 1 aromatic rings. The molecule has 9 atom stereocenters. The van der Waals surface area contributed by atoms with Crippen molar-refractivity contribution in [1.82, 2.24) is 52.5 Å². The van der Waals surface area contributed by atoms with Crippen LogP contribution in [0.3, 0.4) is 0 Å². The van der Waals surface area contributed by atoms with Gasteiger partial charge >= 0.3 is 29.8 Å². The third-order valence-corrected chi connectivity index (χ3v) is 10.8. The van der Waals surface area contributed by atoms with Crippen molar-refractivity contribution in [3.63, 3.8) is 0 Å². The lowest BCUT2D eigenvalue weighted by atomic mass is 10.1. The number of aliphatic carboxylic acids is 5. The first-order valence-corrected chi connectivity index (χ1v) is 23.3. The second-order valence-corrected chi connectivity index (χ2v) is 16.8. The van der Waals surface area contributed by atoms with Crippen LogP contribution < -0.4 is 48.3 Å². The van der Waals surface area contributed by atoms with Crippen LogP contribution >= 0.6 is 24.4 Å². The zero-order valence-corrected chi connectivity index (χ0v) is 39.9. The Balaban J connectivity index is 3.26. The van der Waals surface area contributed by atoms with E-state index < -0.39 is 189 Å². The molecule has 0 spiro atoms. The van der Waals surface area contributed by atoms with E-state index in [0.29, 0.717) is 5.69 Å². The number of carbonyl (C=O) groups excluding carboxylic acids is 8. The Morgan fingerprint density at radius 2 is 0.972 bits per heavy atom. The molecule has 0 saturated heterocycles. The van der Waals surface area contributed by atoms with E-state index in [9.17, 15) is 87.9 Å². The average Bonchev–Trinajstić information content (AvgIpc) is 3.81. The van der Waals surface area contributed by atoms with Crippen LogP contribution in [-0.2, 0) is 68.7 Å². The highest BCUT2D eigenvalue weighted by Gasteiger charge is 2.35. The normalized spacial score (nSPS) is 14.7. The van der Waals surface area contributed by atoms with Gasteiger partial charge in [0, 0.05) is 43.3 Å². The second kappa shape index (κ2) is 31.9. The molecule has 1 heterocycles. The van der Waals surface area contributed by atoms with Gasteiger partial charge < -0.3 is 83.9 Å². The van der Waals surface area contributed by atoms with Gasteiger partial charge in [0.05, 0.1) is 25.4 Å². The van der Waals surface area contributed by atoms with Crippen LogP contribution in [0.1, 0.15) is 64.0 Å². The predicted molar refractivity (Wildman–Crippen MR) is 246 cm³/mol. The van der Waals surface area contributed by atoms with E-state index in [1.165, 1.54) is 24.3 Å². The Hall–Kier alpha value is -7.06. The molecule has 0 aliphatic heterocycles. The molecule has 0 radical (unpaired) electrons. The third kappa shape index (κ3) is 23.9. The van der Waals surface area contributed by atoms with Gasteiger partial charge in [-0.05, 0) is 44.6 Å². The molecule has 0 saturated carbocycles. The topological polar surface area (TPSA) is 494 Å². The molecular formula is C39H59N11O19S2. The minimum atomic E-state index is -1.80. The molecule has 396 valence electrons. The maximum absolute atomic E-state index is 13.7. The molecule has 0 aliphatic rings. The van der Waals surface area contributed by atoms with Gasteiger partial charge in [-0.15, -0.1) is 0 Å². The molecule has 30 nitrogen and oxygen atoms in total. The van der Waals surface area contributed by atoms with Crippen LogP contribution in [0.4, 0.5) is 0 Å². The van der Waals surface area contributed by atoms with Crippen molar-refractivity contribution in [2.75, 3.05) is 24.4 Å². The maximum atomic E-state index is 13.7. The maximum Gasteiger partial charge on any atom is 0.326 e. The number of carbonyl (C=O) groups is 13. The first-order chi connectivity index (χ1) is 33.3. The summed E-state index contributed by atoms with van der Waals surface area (Å²) in [6.45, 7) is 0.139. The molecule has 32 heteroatoms. The standard InChI is InChI=1S/C39H59N11O19S2/c1-17(31(60)49-25(14-51)37(66)48-24(39(68)69)11-18-13-41-16-42-18)43-38(67)26(15-70)50-35(64)22(5-8-29(56)57)45-34(63)21(4-7-28(54)55)46-36(65)23(9-10-71-2)47-33(62)20(3-6-27(52)53)44-32(61)19(40)12-30(58)59/h13,16-17,19-26,51,70H,3-12,14-15,40H2,1-2H3,(H,41,42)(H,43,67)(H,44,61)(H,45,63)(H,46,65)(H,47,62)(H,48,66)(H,49,60)(H,50,64)(H,52,53)(H,54,55)(H,56,57)(H,58,59)(H,68,69)/t17-,19-,20-,21-,22-,23-,24-,25-,26-/m0/s1. The van der Waals surface area contributed by atoms with E-state index in [1.807, 2.05) is 0 Å². The number of aliphatic hydroxyl groups excluding tert-OH is 1. The summed E-state index contributed by atoms with van der Waals surface area (Å²) in [6, 6.07) is -14.8. The van der Waals surface area contributed by atoms with E-state index >= 15 is 0 Å². The van der Waals surface area contributed by atoms with Gasteiger partial charge in [-0.25, -0.2) is 9.78 Å². The van der Waals surface area contributed by atoms with Crippen molar-refractivity contribution in [3.05, 3.63) is 18.2 Å². The molecule has 0 aliphatic carbocycles. The number of carboxylic acids is 5. The molecule has 0 unspecified atom stereocenters. The molecule has 1 aromatic heterocycles. The minimum absolute atomic E-state index is 0.168. The summed E-state index contributed by atoms with van der Waals surface area (Å²) in [4.78, 5) is 170. The van der Waals surface area contributed by atoms with Crippen LogP contribution in [0.5, 0.6) is 0 Å². The number of rotatable bonds is 35. The number of amides is 8. The number of aliphatic hydroxyl groups is 1. The highest BCUT2D eigenvalue weighted by Crippen LogP contribution is 2.09. The Morgan fingerprint density at radius 1 is 0.577 bits per heavy atom. The van der Waals surface area contributed by atoms with E-state index in [-0.39, 0.29) is 18.6 Å². The fourth-order valence-electron chi connectivity index (χ4n) is 5.92. The van der Waals surface area contributed by atoms with Crippen LogP contribution in [0.2, 0.25) is 0 Å². The second-order valence-electron chi connectivity index (χ2n) is 15.4. The number of carboxylic acid groups (broad SMARTS) is 5. The Kier molecular flexibility index (Phi) is 27.9. The number of nitrogens with two attached hydrogens (primary N) is 1. The molecular weight excluding hydrogens is 991 g/mol. The van der Waals surface area contributed by atoms with Gasteiger partial charge in [-0.3, -0.25) is 57.5 Å². The molecule has 0 fully saturated rings. The predicted octanol–water partition coefficient (Wildman–Crippen LogP) is -5.99. The van der Waals surface area contributed by atoms with Crippen molar-refractivity contribution in [2.45, 2.75) is 119 Å². The number of nitrogens with zero attached hydrogens (tertiary/aromatic N) is 1. The summed E-state index contributed by atoms with van der Waals surface area (Å²) in [5.41, 5.74) is 5.92. The molecule has 0 bridgehead atoms. The number of aromatic amines is 1. The molecule has 8 amide bonds. The number of nitrogens with one attached hydrogen (secondary N) is 9. The van der Waals surface area contributed by atoms with Crippen molar-refractivity contribution in [3.8, 4) is 0 Å².